The molecule has 0 heteroatoms. The second kappa shape index (κ2) is 6.41. The van der Waals surface area contributed by atoms with E-state index in [1.54, 1.807) is 0 Å². The molecule has 61 valence electrons. The van der Waals surface area contributed by atoms with Gasteiger partial charge in [0.25, 0.3) is 0 Å². The van der Waals surface area contributed by atoms with Crippen molar-refractivity contribution in [2.45, 2.75) is 12.8 Å². The van der Waals surface area contributed by atoms with Crippen molar-refractivity contribution in [3.8, 4) is 0 Å². The molecule has 0 heterocycles. The van der Waals surface area contributed by atoms with Crippen LogP contribution < -0.4 is 0 Å². The second-order valence-corrected chi connectivity index (χ2v) is 2.49. The highest BCUT2D eigenvalue weighted by Gasteiger charge is 1.72. The molecule has 0 saturated heterocycles. The summed E-state index contributed by atoms with van der Waals surface area (Å²) < 4.78 is 0. The van der Waals surface area contributed by atoms with E-state index < -0.39 is 0 Å². The molecule has 1 rings (SSSR count). The van der Waals surface area contributed by atoms with Crippen LogP contribution in [-0.4, -0.2) is 0 Å². The largest absolute Gasteiger partial charge is 0.0844 e. The maximum atomic E-state index is 3.07. The van der Waals surface area contributed by atoms with Crippen LogP contribution in [-0.2, 0) is 0 Å². The van der Waals surface area contributed by atoms with E-state index in [4.69, 9.17) is 0 Å². The quantitative estimate of drug-likeness (QED) is 0.473. The van der Waals surface area contributed by atoms with E-state index in [0.29, 0.717) is 0 Å². The van der Waals surface area contributed by atoms with Gasteiger partial charge in [0.15, 0.2) is 0 Å². The maximum absolute atomic E-state index is 3.07. The van der Waals surface area contributed by atoms with Crippen LogP contribution in [0.2, 0.25) is 0 Å². The summed E-state index contributed by atoms with van der Waals surface area (Å²) in [5, 5.41) is 0. The third kappa shape index (κ3) is 4.51. The number of hydrogen-bond donors (Lipinski definition) is 0. The van der Waals surface area contributed by atoms with Gasteiger partial charge in [-0.3, -0.25) is 0 Å². The summed E-state index contributed by atoms with van der Waals surface area (Å²) in [5.74, 6) is 0. The molecule has 12 heavy (non-hydrogen) atoms. The molecule has 0 unspecified atom stereocenters. The zero-order chi connectivity index (χ0) is 8.49. The summed E-state index contributed by atoms with van der Waals surface area (Å²) in [6, 6.07) is 0. The van der Waals surface area contributed by atoms with Crippen LogP contribution in [0.3, 0.4) is 0 Å². The Balaban J connectivity index is 2.55. The topological polar surface area (TPSA) is 0 Å². The molecule has 0 bridgehead atoms. The van der Waals surface area contributed by atoms with Gasteiger partial charge in [0.2, 0.25) is 0 Å². The number of hydrogen-bond acceptors (Lipinski definition) is 0. The van der Waals surface area contributed by atoms with Crippen LogP contribution in [0.15, 0.2) is 54.7 Å². The van der Waals surface area contributed by atoms with E-state index in [0.717, 1.165) is 12.8 Å². The summed E-state index contributed by atoms with van der Waals surface area (Å²) >= 11 is 0. The molecule has 1 aliphatic rings. The summed E-state index contributed by atoms with van der Waals surface area (Å²) in [7, 11) is 0. The van der Waals surface area contributed by atoms with E-state index in [-0.39, 0.29) is 0 Å². The molecule has 0 fully saturated rings. The number of allylic oxidation sites excluding steroid dienone is 10. The van der Waals surface area contributed by atoms with E-state index in [9.17, 15) is 0 Å². The Morgan fingerprint density at radius 3 is 2.58 bits per heavy atom. The standard InChI is InChI=1S/C12H13/c1-2-4-6-8-10-12-11-9-7-5-3-1/h1-6,9-11H,7,12H2/b2-1+,5-3+,6-4+,10-8?,11-9+. The van der Waals surface area contributed by atoms with Gasteiger partial charge in [-0.15, -0.1) is 0 Å². The molecule has 0 aromatic carbocycles. The Kier molecular flexibility index (Phi) is 4.70. The van der Waals surface area contributed by atoms with Gasteiger partial charge in [0.1, 0.15) is 0 Å². The van der Waals surface area contributed by atoms with Gasteiger partial charge in [0, 0.05) is 0 Å². The highest BCUT2D eigenvalue weighted by Crippen LogP contribution is 1.93. The van der Waals surface area contributed by atoms with Gasteiger partial charge < -0.3 is 0 Å². The van der Waals surface area contributed by atoms with Crippen LogP contribution in [0.25, 0.3) is 0 Å². The molecule has 0 aliphatic heterocycles. The lowest BCUT2D eigenvalue weighted by Gasteiger charge is -1.83. The fourth-order valence-corrected chi connectivity index (χ4v) is 0.872. The first-order valence-corrected chi connectivity index (χ1v) is 4.21. The minimum absolute atomic E-state index is 0.974. The Labute approximate surface area is 74.3 Å². The minimum Gasteiger partial charge on any atom is -0.0844 e. The molecule has 0 nitrogen and oxygen atoms in total. The third-order valence-electron chi connectivity index (χ3n) is 1.47. The molecule has 0 saturated carbocycles. The van der Waals surface area contributed by atoms with Crippen LogP contribution in [0.1, 0.15) is 12.8 Å². The first kappa shape index (κ1) is 8.79. The van der Waals surface area contributed by atoms with Gasteiger partial charge in [-0.25, -0.2) is 0 Å². The van der Waals surface area contributed by atoms with Crippen molar-refractivity contribution in [3.63, 3.8) is 0 Å². The van der Waals surface area contributed by atoms with Crippen molar-refractivity contribution in [3.05, 3.63) is 60.8 Å². The predicted octanol–water partition coefficient (Wildman–Crippen LogP) is 3.36. The number of rotatable bonds is 0. The smallest absolute Gasteiger partial charge is 0.0160 e. The fourth-order valence-electron chi connectivity index (χ4n) is 0.872. The molecule has 0 atom stereocenters. The summed E-state index contributed by atoms with van der Waals surface area (Å²) in [6.45, 7) is 0. The van der Waals surface area contributed by atoms with Crippen molar-refractivity contribution < 1.29 is 0 Å². The van der Waals surface area contributed by atoms with E-state index in [2.05, 4.69) is 30.4 Å². The van der Waals surface area contributed by atoms with Crippen LogP contribution in [0, 0.1) is 6.08 Å². The monoisotopic (exact) mass is 157 g/mol. The molecule has 1 aliphatic carbocycles. The van der Waals surface area contributed by atoms with Crippen molar-refractivity contribution >= 4 is 0 Å². The maximum Gasteiger partial charge on any atom is -0.0160 e. The zero-order valence-electron chi connectivity index (χ0n) is 7.11. The summed E-state index contributed by atoms with van der Waals surface area (Å²) in [4.78, 5) is 0. The lowest BCUT2D eigenvalue weighted by Crippen LogP contribution is -1.62. The highest BCUT2D eigenvalue weighted by molar-refractivity contribution is 5.14. The lowest BCUT2D eigenvalue weighted by atomic mass is 10.2. The molecule has 0 amide bonds. The van der Waals surface area contributed by atoms with Crippen molar-refractivity contribution in [2.75, 3.05) is 0 Å². The third-order valence-corrected chi connectivity index (χ3v) is 1.47. The minimum atomic E-state index is 0.974. The summed E-state index contributed by atoms with van der Waals surface area (Å²) in [6.07, 6.45) is 23.5. The molecule has 0 aromatic rings. The van der Waals surface area contributed by atoms with Gasteiger partial charge >= 0.3 is 0 Å². The SMILES string of the molecule is [C]1=C\C/C=C/C/C=C/C=C/C=C/1. The zero-order valence-corrected chi connectivity index (χ0v) is 7.11. The Hall–Kier alpha value is -1.30. The molecular formula is C12H13. The van der Waals surface area contributed by atoms with Crippen LogP contribution in [0.5, 0.6) is 0 Å². The molecule has 0 spiro atoms. The van der Waals surface area contributed by atoms with Gasteiger partial charge in [-0.1, -0.05) is 54.7 Å². The summed E-state index contributed by atoms with van der Waals surface area (Å²) in [5.41, 5.74) is 0. The average Bonchev–Trinajstić information content (AvgIpc) is 2.05. The molecule has 0 aromatic heterocycles. The van der Waals surface area contributed by atoms with Crippen LogP contribution >= 0.6 is 0 Å². The normalized spacial score (nSPS) is 30.7. The Bertz CT molecular complexity index is 211. The molecule has 1 radical (unpaired) electrons. The highest BCUT2D eigenvalue weighted by atomic mass is 13.8. The van der Waals surface area contributed by atoms with Gasteiger partial charge in [0.05, 0.1) is 0 Å². The lowest BCUT2D eigenvalue weighted by molar-refractivity contribution is 1.30. The van der Waals surface area contributed by atoms with Crippen molar-refractivity contribution in [2.24, 2.45) is 0 Å². The molecular weight excluding hydrogens is 144 g/mol. The van der Waals surface area contributed by atoms with E-state index >= 15 is 0 Å². The van der Waals surface area contributed by atoms with Gasteiger partial charge in [-0.05, 0) is 18.9 Å². The average molecular weight is 157 g/mol. The Morgan fingerprint density at radius 1 is 0.750 bits per heavy atom. The second-order valence-electron chi connectivity index (χ2n) is 2.49. The van der Waals surface area contributed by atoms with Crippen LogP contribution in [0.4, 0.5) is 0 Å². The van der Waals surface area contributed by atoms with E-state index in [1.165, 1.54) is 0 Å². The first-order valence-electron chi connectivity index (χ1n) is 4.21. The molecule has 0 N–H and O–H groups in total. The predicted molar refractivity (Wildman–Crippen MR) is 53.6 cm³/mol. The Morgan fingerprint density at radius 2 is 1.58 bits per heavy atom. The fraction of sp³-hybridized carbons (Fsp3) is 0.167. The van der Waals surface area contributed by atoms with Crippen molar-refractivity contribution in [1.29, 1.82) is 0 Å². The van der Waals surface area contributed by atoms with E-state index in [1.807, 2.05) is 30.4 Å². The van der Waals surface area contributed by atoms with Crippen molar-refractivity contribution in [1.82, 2.24) is 0 Å². The van der Waals surface area contributed by atoms with Gasteiger partial charge in [-0.2, -0.15) is 0 Å². The first-order chi connectivity index (χ1) is 6.00.